The third kappa shape index (κ3) is 6.74. The topological polar surface area (TPSA) is 104 Å². The van der Waals surface area contributed by atoms with Gasteiger partial charge in [0.2, 0.25) is 5.91 Å². The number of halogens is 2. The van der Waals surface area contributed by atoms with Crippen molar-refractivity contribution in [1.82, 2.24) is 14.9 Å². The quantitative estimate of drug-likeness (QED) is 0.298. The molecule has 2 aromatic carbocycles. The summed E-state index contributed by atoms with van der Waals surface area (Å²) in [6, 6.07) is 9.93. The summed E-state index contributed by atoms with van der Waals surface area (Å²) < 4.78 is 39.3. The van der Waals surface area contributed by atoms with Crippen LogP contribution in [0.4, 0.5) is 37.5 Å². The van der Waals surface area contributed by atoms with E-state index in [9.17, 15) is 13.6 Å². The van der Waals surface area contributed by atoms with Crippen LogP contribution in [-0.2, 0) is 20.8 Å². The molecule has 4 aliphatic rings. The fourth-order valence-electron chi connectivity index (χ4n) is 7.32. The van der Waals surface area contributed by atoms with Gasteiger partial charge in [0.15, 0.2) is 5.82 Å². The highest BCUT2D eigenvalue weighted by atomic mass is 19.1. The van der Waals surface area contributed by atoms with Crippen molar-refractivity contribution >= 4 is 34.6 Å². The molecule has 11 nitrogen and oxygen atoms in total. The number of likely N-dealkylation sites (tertiary alicyclic amines) is 1. The summed E-state index contributed by atoms with van der Waals surface area (Å²) >= 11 is 0. The number of rotatable bonds is 10. The Bertz CT molecular complexity index is 1620. The number of anilines is 5. The van der Waals surface area contributed by atoms with Gasteiger partial charge in [-0.25, -0.2) is 23.8 Å². The summed E-state index contributed by atoms with van der Waals surface area (Å²) in [5.74, 6) is 0.00479. The van der Waals surface area contributed by atoms with E-state index in [1.165, 1.54) is 24.5 Å². The van der Waals surface area contributed by atoms with Gasteiger partial charge in [-0.15, -0.1) is 0 Å². The molecule has 0 radical (unpaired) electrons. The fraction of sp³-hybridized carbons (Fsp3) is 0.441. The molecule has 0 saturated carbocycles. The number of nitrogens with one attached hydrogen (secondary N) is 2. The SMILES string of the molecule is C=CC(=O)Nc1cc(Nc2cc(N3OCC[C@@H]3Cc3cc(F)cc(F)c3)ncn2)c(OC)cc1N1CCC(N2C[C@H]3C[C@@H]2CO3)CC1. The Kier molecular flexibility index (Phi) is 8.93. The monoisotopic (exact) mass is 647 g/mol. The van der Waals surface area contributed by atoms with Gasteiger partial charge in [0.05, 0.1) is 49.5 Å². The maximum atomic E-state index is 13.8. The molecule has 2 bridgehead atoms. The Hall–Kier alpha value is -4.33. The second kappa shape index (κ2) is 13.4. The predicted octanol–water partition coefficient (Wildman–Crippen LogP) is 4.83. The van der Waals surface area contributed by atoms with Crippen LogP contribution < -0.4 is 25.3 Å². The van der Waals surface area contributed by atoms with Crippen molar-refractivity contribution in [2.45, 2.75) is 56.3 Å². The van der Waals surface area contributed by atoms with E-state index in [1.54, 1.807) is 18.2 Å². The lowest BCUT2D eigenvalue weighted by Crippen LogP contribution is -2.49. The van der Waals surface area contributed by atoms with E-state index < -0.39 is 11.6 Å². The molecule has 3 atom stereocenters. The third-order valence-electron chi connectivity index (χ3n) is 9.53. The number of aromatic nitrogens is 2. The summed E-state index contributed by atoms with van der Waals surface area (Å²) in [5, 5.41) is 7.96. The summed E-state index contributed by atoms with van der Waals surface area (Å²) in [4.78, 5) is 32.2. The minimum atomic E-state index is -0.615. The molecular weight excluding hydrogens is 608 g/mol. The number of nitrogens with zero attached hydrogens (tertiary/aromatic N) is 5. The van der Waals surface area contributed by atoms with Gasteiger partial charge in [0.25, 0.3) is 0 Å². The smallest absolute Gasteiger partial charge is 0.247 e. The van der Waals surface area contributed by atoms with Gasteiger partial charge in [-0.2, -0.15) is 0 Å². The number of carbonyl (C=O) groups is 1. The van der Waals surface area contributed by atoms with Crippen molar-refractivity contribution in [2.75, 3.05) is 60.6 Å². The molecule has 5 heterocycles. The molecule has 7 rings (SSSR count). The number of fused-ring (bicyclic) bond motifs is 2. The molecule has 0 unspecified atom stereocenters. The molecule has 248 valence electrons. The second-order valence-electron chi connectivity index (χ2n) is 12.5. The lowest BCUT2D eigenvalue weighted by molar-refractivity contribution is -0.111. The van der Waals surface area contributed by atoms with E-state index in [0.29, 0.717) is 72.0 Å². The molecule has 2 N–H and O–H groups in total. The Labute approximate surface area is 272 Å². The van der Waals surface area contributed by atoms with Gasteiger partial charge in [-0.1, -0.05) is 6.58 Å². The van der Waals surface area contributed by atoms with Gasteiger partial charge in [0, 0.05) is 49.9 Å². The Morgan fingerprint density at radius 1 is 1.06 bits per heavy atom. The van der Waals surface area contributed by atoms with Crippen LogP contribution in [0.25, 0.3) is 0 Å². The van der Waals surface area contributed by atoms with Crippen LogP contribution in [0.2, 0.25) is 0 Å². The van der Waals surface area contributed by atoms with Crippen LogP contribution >= 0.6 is 0 Å². The number of hydrogen-bond donors (Lipinski definition) is 2. The molecule has 0 aliphatic carbocycles. The first-order valence-corrected chi connectivity index (χ1v) is 16.1. The van der Waals surface area contributed by atoms with E-state index >= 15 is 0 Å². The minimum Gasteiger partial charge on any atom is -0.494 e. The lowest BCUT2D eigenvalue weighted by atomic mass is 10.0. The molecule has 4 saturated heterocycles. The summed E-state index contributed by atoms with van der Waals surface area (Å²) in [6.45, 7) is 7.63. The maximum Gasteiger partial charge on any atom is 0.247 e. The zero-order valence-electron chi connectivity index (χ0n) is 26.3. The average Bonchev–Trinajstić information content (AvgIpc) is 3.83. The third-order valence-corrected chi connectivity index (χ3v) is 9.53. The zero-order valence-corrected chi connectivity index (χ0v) is 26.3. The Morgan fingerprint density at radius 2 is 1.87 bits per heavy atom. The Morgan fingerprint density at radius 3 is 2.57 bits per heavy atom. The highest BCUT2D eigenvalue weighted by Crippen LogP contribution is 2.41. The van der Waals surface area contributed by atoms with Gasteiger partial charge in [-0.3, -0.25) is 14.5 Å². The summed E-state index contributed by atoms with van der Waals surface area (Å²) in [5.41, 5.74) is 2.64. The first-order chi connectivity index (χ1) is 22.9. The van der Waals surface area contributed by atoms with Gasteiger partial charge >= 0.3 is 0 Å². The van der Waals surface area contributed by atoms with Crippen molar-refractivity contribution in [3.8, 4) is 5.75 Å². The van der Waals surface area contributed by atoms with Crippen molar-refractivity contribution in [2.24, 2.45) is 0 Å². The van der Waals surface area contributed by atoms with Crippen molar-refractivity contribution in [1.29, 1.82) is 0 Å². The lowest BCUT2D eigenvalue weighted by Gasteiger charge is -2.41. The summed E-state index contributed by atoms with van der Waals surface area (Å²) in [7, 11) is 1.60. The number of methoxy groups -OCH3 is 1. The van der Waals surface area contributed by atoms with E-state index in [1.807, 2.05) is 12.1 Å². The molecule has 0 spiro atoms. The highest BCUT2D eigenvalue weighted by Gasteiger charge is 2.42. The second-order valence-corrected chi connectivity index (χ2v) is 12.5. The highest BCUT2D eigenvalue weighted by molar-refractivity contribution is 6.02. The van der Waals surface area contributed by atoms with Gasteiger partial charge < -0.3 is 25.0 Å². The van der Waals surface area contributed by atoms with E-state index in [4.69, 9.17) is 14.3 Å². The van der Waals surface area contributed by atoms with Crippen LogP contribution in [0, 0.1) is 11.6 Å². The molecular formula is C34H39F2N7O4. The molecule has 1 aromatic heterocycles. The molecule has 4 aliphatic heterocycles. The number of hydrogen-bond acceptors (Lipinski definition) is 10. The number of hydroxylamine groups is 1. The maximum absolute atomic E-state index is 13.8. The predicted molar refractivity (Wildman–Crippen MR) is 174 cm³/mol. The first-order valence-electron chi connectivity index (χ1n) is 16.1. The number of ether oxygens (including phenoxy) is 2. The van der Waals surface area contributed by atoms with Crippen LogP contribution in [0.15, 0.2) is 55.4 Å². The van der Waals surface area contributed by atoms with Crippen molar-refractivity contribution in [3.63, 3.8) is 0 Å². The molecule has 1 amide bonds. The molecule has 47 heavy (non-hydrogen) atoms. The molecule has 3 aromatic rings. The number of amides is 1. The van der Waals surface area contributed by atoms with Crippen LogP contribution in [0.3, 0.4) is 0 Å². The van der Waals surface area contributed by atoms with Crippen molar-refractivity contribution < 1.29 is 27.9 Å². The Balaban J connectivity index is 1.09. The number of carbonyl (C=O) groups excluding carboxylic acids is 1. The number of piperidine rings is 1. The minimum absolute atomic E-state index is 0.174. The fourth-order valence-corrected chi connectivity index (χ4v) is 7.32. The van der Waals surface area contributed by atoms with Crippen LogP contribution in [0.5, 0.6) is 5.75 Å². The molecule has 13 heteroatoms. The molecule has 4 fully saturated rings. The number of morpholine rings is 1. The standard InChI is InChI=1S/C34H39F2N7O4/c1-3-34(44)40-28-15-29(31(45-2)16-30(28)41-7-4-24(5-8-41)42-18-27-14-26(42)19-46-27)39-32-17-33(38-20-37-32)43-25(6-9-47-43)12-21-10-22(35)13-23(36)11-21/h3,10-11,13,15-17,20,24-27H,1,4-9,12,14,18-19H2,2H3,(H,40,44)(H,37,38,39)/t25-,26-,27-/m1/s1. The normalized spacial score (nSPS) is 22.9. The first kappa shape index (κ1) is 31.3. The van der Waals surface area contributed by atoms with E-state index in [-0.39, 0.29) is 11.9 Å². The van der Waals surface area contributed by atoms with Crippen molar-refractivity contribution in [3.05, 3.63) is 72.6 Å². The van der Waals surface area contributed by atoms with Gasteiger partial charge in [-0.05, 0) is 61.9 Å². The number of benzene rings is 2. The van der Waals surface area contributed by atoms with Gasteiger partial charge in [0.1, 0.15) is 29.5 Å². The zero-order chi connectivity index (χ0) is 32.5. The average molecular weight is 648 g/mol. The van der Waals surface area contributed by atoms with Crippen LogP contribution in [-0.4, -0.2) is 85.0 Å². The van der Waals surface area contributed by atoms with Crippen LogP contribution in [0.1, 0.15) is 31.2 Å². The summed E-state index contributed by atoms with van der Waals surface area (Å²) in [6.07, 6.45) is 7.28. The van der Waals surface area contributed by atoms with E-state index in [0.717, 1.165) is 57.3 Å². The largest absolute Gasteiger partial charge is 0.494 e. The van der Waals surface area contributed by atoms with E-state index in [2.05, 4.69) is 37.0 Å².